The fourth-order valence-corrected chi connectivity index (χ4v) is 8.99. The Morgan fingerprint density at radius 1 is 0.321 bits per heavy atom. The lowest BCUT2D eigenvalue weighted by Gasteiger charge is -2.12. The van der Waals surface area contributed by atoms with Crippen molar-refractivity contribution in [3.05, 3.63) is 188 Å². The first-order valence-electron chi connectivity index (χ1n) is 18.7. The summed E-state index contributed by atoms with van der Waals surface area (Å²) < 4.78 is 9.26. The monoisotopic (exact) mass is 733 g/mol. The topological polar surface area (TPSA) is 51.8 Å². The first-order chi connectivity index (χ1) is 27.7. The number of hydrogen-bond acceptors (Lipinski definition) is 5. The number of fused-ring (bicyclic) bond motifs is 6. The Morgan fingerprint density at radius 2 is 0.893 bits per heavy atom. The van der Waals surface area contributed by atoms with Crippen LogP contribution < -0.4 is 0 Å². The van der Waals surface area contributed by atoms with E-state index in [1.165, 1.54) is 36.9 Å². The Balaban J connectivity index is 1.05. The summed E-state index contributed by atoms with van der Waals surface area (Å²) in [5, 5.41) is 4.72. The Hall–Kier alpha value is -7.21. The van der Waals surface area contributed by atoms with Gasteiger partial charge in [-0.05, 0) is 75.8 Å². The zero-order chi connectivity index (χ0) is 37.0. The van der Waals surface area contributed by atoms with Crippen LogP contribution in [-0.2, 0) is 0 Å². The van der Waals surface area contributed by atoms with Gasteiger partial charge in [0.05, 0.1) is 0 Å². The van der Waals surface area contributed by atoms with E-state index in [9.17, 15) is 0 Å². The van der Waals surface area contributed by atoms with Gasteiger partial charge >= 0.3 is 0 Å². The molecule has 11 aromatic rings. The van der Waals surface area contributed by atoms with Gasteiger partial charge in [-0.3, -0.25) is 0 Å². The molecule has 0 amide bonds. The first-order valence-corrected chi connectivity index (χ1v) is 19.5. The summed E-state index contributed by atoms with van der Waals surface area (Å²) in [6.45, 7) is 0. The van der Waals surface area contributed by atoms with E-state index in [0.717, 1.165) is 55.3 Å². The predicted octanol–water partition coefficient (Wildman–Crippen LogP) is 14.1. The largest absolute Gasteiger partial charge is 0.456 e. The smallest absolute Gasteiger partial charge is 0.164 e. The molecule has 8 aromatic carbocycles. The predicted molar refractivity (Wildman–Crippen MR) is 233 cm³/mol. The highest BCUT2D eigenvalue weighted by Crippen LogP contribution is 2.44. The molecular formula is C51H31N3OS. The number of rotatable bonds is 6. The van der Waals surface area contributed by atoms with Crippen molar-refractivity contribution in [1.29, 1.82) is 0 Å². The number of furan rings is 1. The highest BCUT2D eigenvalue weighted by Gasteiger charge is 2.18. The summed E-state index contributed by atoms with van der Waals surface area (Å²) in [6, 6.07) is 65.7. The number of aromatic nitrogens is 3. The highest BCUT2D eigenvalue weighted by atomic mass is 32.1. The van der Waals surface area contributed by atoms with E-state index in [-0.39, 0.29) is 0 Å². The van der Waals surface area contributed by atoms with Crippen molar-refractivity contribution >= 4 is 53.4 Å². The van der Waals surface area contributed by atoms with Gasteiger partial charge in [0.15, 0.2) is 17.5 Å². The molecule has 0 fully saturated rings. The van der Waals surface area contributed by atoms with Gasteiger partial charge < -0.3 is 4.42 Å². The lowest BCUT2D eigenvalue weighted by atomic mass is 9.92. The highest BCUT2D eigenvalue weighted by molar-refractivity contribution is 7.25. The molecule has 0 bridgehead atoms. The molecule has 0 N–H and O–H groups in total. The van der Waals surface area contributed by atoms with Gasteiger partial charge in [0.2, 0.25) is 0 Å². The summed E-state index contributed by atoms with van der Waals surface area (Å²) >= 11 is 1.85. The molecule has 56 heavy (non-hydrogen) atoms. The molecule has 3 aromatic heterocycles. The molecule has 0 saturated carbocycles. The number of hydrogen-bond donors (Lipinski definition) is 0. The van der Waals surface area contributed by atoms with Crippen LogP contribution in [-0.4, -0.2) is 15.0 Å². The third kappa shape index (κ3) is 5.56. The molecule has 3 heterocycles. The average Bonchev–Trinajstić information content (AvgIpc) is 3.84. The van der Waals surface area contributed by atoms with Gasteiger partial charge in [0.1, 0.15) is 11.2 Å². The molecule has 5 heteroatoms. The third-order valence-electron chi connectivity index (χ3n) is 10.5. The van der Waals surface area contributed by atoms with Crippen molar-refractivity contribution in [1.82, 2.24) is 15.0 Å². The summed E-state index contributed by atoms with van der Waals surface area (Å²) in [4.78, 5) is 14.9. The van der Waals surface area contributed by atoms with Crippen molar-refractivity contribution in [2.45, 2.75) is 0 Å². The molecule has 0 aliphatic carbocycles. The van der Waals surface area contributed by atoms with Gasteiger partial charge in [-0.1, -0.05) is 146 Å². The number of nitrogens with zero attached hydrogens (tertiary/aromatic N) is 3. The van der Waals surface area contributed by atoms with E-state index in [4.69, 9.17) is 19.4 Å². The van der Waals surface area contributed by atoms with Crippen LogP contribution in [0.1, 0.15) is 0 Å². The minimum Gasteiger partial charge on any atom is -0.456 e. The fourth-order valence-electron chi connectivity index (χ4n) is 7.86. The first kappa shape index (κ1) is 32.2. The van der Waals surface area contributed by atoms with Gasteiger partial charge in [0.25, 0.3) is 0 Å². The standard InChI is InChI=1S/C51H31N3OS/c1-4-14-32(15-5-1)42-31-47-43(39-22-10-11-25-46(39)56-47)30-41(42)36-26-27-40-45(29-36)55-44-24-13-23-38(48(40)44)35-20-12-21-37(28-35)51-53-49(33-16-6-2-7-17-33)52-50(54-51)34-18-8-3-9-19-34/h1-31H. The second-order valence-corrected chi connectivity index (χ2v) is 15.1. The lowest BCUT2D eigenvalue weighted by molar-refractivity contribution is 0.669. The van der Waals surface area contributed by atoms with Crippen molar-refractivity contribution in [2.24, 2.45) is 0 Å². The molecule has 0 radical (unpaired) electrons. The van der Waals surface area contributed by atoms with Crippen LogP contribution in [0.2, 0.25) is 0 Å². The van der Waals surface area contributed by atoms with Gasteiger partial charge in [-0.25, -0.2) is 15.0 Å². The fraction of sp³-hybridized carbons (Fsp3) is 0. The molecule has 0 spiro atoms. The van der Waals surface area contributed by atoms with E-state index in [0.29, 0.717) is 17.5 Å². The van der Waals surface area contributed by atoms with Crippen LogP contribution in [0.4, 0.5) is 0 Å². The van der Waals surface area contributed by atoms with Crippen molar-refractivity contribution < 1.29 is 4.42 Å². The Bertz CT molecular complexity index is 3180. The average molecular weight is 734 g/mol. The minimum atomic E-state index is 0.623. The molecule has 11 rings (SSSR count). The zero-order valence-corrected chi connectivity index (χ0v) is 30.9. The number of benzene rings is 8. The minimum absolute atomic E-state index is 0.623. The van der Waals surface area contributed by atoms with E-state index in [2.05, 4.69) is 127 Å². The molecule has 4 nitrogen and oxygen atoms in total. The van der Waals surface area contributed by atoms with Gasteiger partial charge in [-0.15, -0.1) is 11.3 Å². The van der Waals surface area contributed by atoms with Gasteiger partial charge in [0, 0.05) is 47.6 Å². The van der Waals surface area contributed by atoms with E-state index < -0.39 is 0 Å². The van der Waals surface area contributed by atoms with Crippen LogP contribution in [0, 0.1) is 0 Å². The normalized spacial score (nSPS) is 11.6. The molecule has 0 saturated heterocycles. The number of thiophene rings is 1. The van der Waals surface area contributed by atoms with Crippen LogP contribution >= 0.6 is 11.3 Å². The summed E-state index contributed by atoms with van der Waals surface area (Å²) in [7, 11) is 0. The van der Waals surface area contributed by atoms with Crippen LogP contribution in [0.3, 0.4) is 0 Å². The second kappa shape index (κ2) is 13.3. The third-order valence-corrected chi connectivity index (χ3v) is 11.7. The summed E-state index contributed by atoms with van der Waals surface area (Å²) in [5.41, 5.74) is 11.4. The van der Waals surface area contributed by atoms with E-state index in [1.54, 1.807) is 0 Å². The Kier molecular flexibility index (Phi) is 7.64. The zero-order valence-electron chi connectivity index (χ0n) is 30.1. The van der Waals surface area contributed by atoms with Crippen molar-refractivity contribution in [3.63, 3.8) is 0 Å². The van der Waals surface area contributed by atoms with Crippen molar-refractivity contribution in [2.75, 3.05) is 0 Å². The van der Waals surface area contributed by atoms with E-state index >= 15 is 0 Å². The molecule has 262 valence electrons. The quantitative estimate of drug-likeness (QED) is 0.171. The van der Waals surface area contributed by atoms with Crippen LogP contribution in [0.15, 0.2) is 192 Å². The Morgan fingerprint density at radius 3 is 1.62 bits per heavy atom. The molecular weight excluding hydrogens is 703 g/mol. The maximum atomic E-state index is 6.68. The summed E-state index contributed by atoms with van der Waals surface area (Å²) in [6.07, 6.45) is 0. The molecule has 0 aliphatic rings. The maximum absolute atomic E-state index is 6.68. The SMILES string of the molecule is c1ccc(-c2nc(-c3ccccc3)nc(-c3cccc(-c4cccc5oc6cc(-c7cc8c(cc7-c7ccccc7)sc7ccccc78)ccc6c45)c3)n2)cc1. The van der Waals surface area contributed by atoms with Crippen LogP contribution in [0.5, 0.6) is 0 Å². The second-order valence-electron chi connectivity index (χ2n) is 14.0. The summed E-state index contributed by atoms with van der Waals surface area (Å²) in [5.74, 6) is 1.90. The molecule has 0 atom stereocenters. The maximum Gasteiger partial charge on any atom is 0.164 e. The van der Waals surface area contributed by atoms with Crippen LogP contribution in [0.25, 0.3) is 110 Å². The lowest BCUT2D eigenvalue weighted by Crippen LogP contribution is -2.00. The molecule has 0 unspecified atom stereocenters. The van der Waals surface area contributed by atoms with Gasteiger partial charge in [-0.2, -0.15) is 0 Å². The van der Waals surface area contributed by atoms with E-state index in [1.807, 2.05) is 72.0 Å². The molecule has 0 aliphatic heterocycles. The Labute approximate surface area is 327 Å². The van der Waals surface area contributed by atoms with Crippen molar-refractivity contribution in [3.8, 4) is 67.5 Å².